The van der Waals surface area contributed by atoms with Crippen LogP contribution in [0.1, 0.15) is 41.6 Å². The highest BCUT2D eigenvalue weighted by atomic mass is 35.5. The number of hydrogen-bond donors (Lipinski definition) is 1. The van der Waals surface area contributed by atoms with E-state index in [1.165, 1.54) is 10.5 Å². The summed E-state index contributed by atoms with van der Waals surface area (Å²) in [6.45, 7) is 3.18. The first-order valence-electron chi connectivity index (χ1n) is 11.7. The van der Waals surface area contributed by atoms with E-state index in [0.717, 1.165) is 67.0 Å². The Morgan fingerprint density at radius 3 is 2.68 bits per heavy atom. The van der Waals surface area contributed by atoms with E-state index in [9.17, 15) is 5.11 Å². The van der Waals surface area contributed by atoms with Gasteiger partial charge in [-0.1, -0.05) is 35.9 Å². The van der Waals surface area contributed by atoms with E-state index in [-0.39, 0.29) is 0 Å². The molecule has 0 amide bonds. The molecule has 2 aliphatic heterocycles. The lowest BCUT2D eigenvalue weighted by Crippen LogP contribution is -2.42. The zero-order valence-electron chi connectivity index (χ0n) is 19.3. The average molecular weight is 493 g/mol. The van der Waals surface area contributed by atoms with Crippen molar-refractivity contribution in [3.8, 4) is 5.75 Å². The van der Waals surface area contributed by atoms with Gasteiger partial charge in [-0.2, -0.15) is 0 Å². The fourth-order valence-corrected chi connectivity index (χ4v) is 5.43. The van der Waals surface area contributed by atoms with Crippen molar-refractivity contribution in [3.05, 3.63) is 94.3 Å². The zero-order chi connectivity index (χ0) is 23.5. The zero-order valence-corrected chi connectivity index (χ0v) is 20.9. The average Bonchev–Trinajstić information content (AvgIpc) is 3.02. The summed E-state index contributed by atoms with van der Waals surface area (Å²) in [6, 6.07) is 18.2. The lowest BCUT2D eigenvalue weighted by Gasteiger charge is -2.38. The summed E-state index contributed by atoms with van der Waals surface area (Å²) in [5.74, 6) is 0.910. The van der Waals surface area contributed by atoms with Crippen LogP contribution in [0.25, 0.3) is 5.57 Å². The van der Waals surface area contributed by atoms with E-state index in [1.807, 2.05) is 36.5 Å². The van der Waals surface area contributed by atoms with E-state index in [4.69, 9.17) is 16.3 Å². The Hall–Kier alpha value is -2.31. The molecule has 2 aromatic carbocycles. The van der Waals surface area contributed by atoms with Crippen molar-refractivity contribution in [1.29, 1.82) is 0 Å². The molecule has 4 nitrogen and oxygen atoms in total. The molecule has 34 heavy (non-hydrogen) atoms. The predicted molar refractivity (Wildman–Crippen MR) is 140 cm³/mol. The maximum absolute atomic E-state index is 11.2. The second-order valence-electron chi connectivity index (χ2n) is 8.94. The first kappa shape index (κ1) is 23.4. The van der Waals surface area contributed by atoms with E-state index in [2.05, 4.69) is 46.5 Å². The minimum atomic E-state index is -0.768. The SMILES string of the molecule is CSc1ccc2c(c1)/C(=C/CCN1CCC(O)(c3ccc(Cl)cc3)CC1)c1cccnc1CO2. The van der Waals surface area contributed by atoms with Gasteiger partial charge in [0.1, 0.15) is 12.4 Å². The molecule has 0 saturated carbocycles. The fraction of sp³-hybridized carbons (Fsp3) is 0.321. The van der Waals surface area contributed by atoms with Gasteiger partial charge in [0.25, 0.3) is 0 Å². The minimum Gasteiger partial charge on any atom is -0.487 e. The van der Waals surface area contributed by atoms with Gasteiger partial charge < -0.3 is 14.7 Å². The van der Waals surface area contributed by atoms with Crippen molar-refractivity contribution in [2.45, 2.75) is 36.4 Å². The number of pyridine rings is 1. The molecule has 0 bridgehead atoms. The van der Waals surface area contributed by atoms with Crippen molar-refractivity contribution < 1.29 is 9.84 Å². The third-order valence-corrected chi connectivity index (χ3v) is 7.86. The van der Waals surface area contributed by atoms with Gasteiger partial charge >= 0.3 is 0 Å². The Morgan fingerprint density at radius 1 is 1.12 bits per heavy atom. The number of aliphatic hydroxyl groups is 1. The van der Waals surface area contributed by atoms with Crippen molar-refractivity contribution in [3.63, 3.8) is 0 Å². The van der Waals surface area contributed by atoms with Crippen molar-refractivity contribution >= 4 is 28.9 Å². The van der Waals surface area contributed by atoms with Crippen molar-refractivity contribution in [2.24, 2.45) is 0 Å². The van der Waals surface area contributed by atoms with Gasteiger partial charge in [0.15, 0.2) is 0 Å². The molecule has 176 valence electrons. The molecule has 1 N–H and O–H groups in total. The van der Waals surface area contributed by atoms with Gasteiger partial charge in [0.05, 0.1) is 11.3 Å². The Balaban J connectivity index is 1.31. The highest BCUT2D eigenvalue weighted by molar-refractivity contribution is 7.98. The summed E-state index contributed by atoms with van der Waals surface area (Å²) in [5.41, 5.74) is 4.64. The molecule has 1 aromatic heterocycles. The summed E-state index contributed by atoms with van der Waals surface area (Å²) < 4.78 is 6.11. The minimum absolute atomic E-state index is 0.481. The van der Waals surface area contributed by atoms with Crippen LogP contribution in [0.15, 0.2) is 71.8 Å². The van der Waals surface area contributed by atoms with Crippen LogP contribution in [0, 0.1) is 0 Å². The number of ether oxygens (including phenoxy) is 1. The lowest BCUT2D eigenvalue weighted by atomic mass is 9.84. The van der Waals surface area contributed by atoms with Crippen LogP contribution in [0.4, 0.5) is 0 Å². The van der Waals surface area contributed by atoms with Crippen LogP contribution in [-0.4, -0.2) is 40.9 Å². The number of fused-ring (bicyclic) bond motifs is 2. The number of piperidine rings is 1. The van der Waals surface area contributed by atoms with Gasteiger partial charge in [0.2, 0.25) is 0 Å². The van der Waals surface area contributed by atoms with Crippen molar-refractivity contribution in [2.75, 3.05) is 25.9 Å². The smallest absolute Gasteiger partial charge is 0.131 e. The Kier molecular flexibility index (Phi) is 6.98. The quantitative estimate of drug-likeness (QED) is 0.432. The highest BCUT2D eigenvalue weighted by Gasteiger charge is 2.33. The number of aromatic nitrogens is 1. The molecule has 0 radical (unpaired) electrons. The standard InChI is InChI=1S/C28H29ClN2O2S/c1-34-22-10-11-27-25(18-22)23(24-4-2-14-30-26(24)19-33-27)5-3-15-31-16-12-28(32,13-17-31)20-6-8-21(29)9-7-20/h2,4-11,14,18,32H,3,12-13,15-17,19H2,1H3/b23-5+. The summed E-state index contributed by atoms with van der Waals surface area (Å²) >= 11 is 7.76. The van der Waals surface area contributed by atoms with Gasteiger partial charge in [-0.05, 0) is 73.1 Å². The van der Waals surface area contributed by atoms with Crippen LogP contribution in [0.3, 0.4) is 0 Å². The molecule has 0 unspecified atom stereocenters. The second-order valence-corrected chi connectivity index (χ2v) is 10.3. The molecular weight excluding hydrogens is 464 g/mol. The van der Waals surface area contributed by atoms with Gasteiger partial charge in [0, 0.05) is 46.9 Å². The van der Waals surface area contributed by atoms with Crippen LogP contribution in [0.2, 0.25) is 5.02 Å². The fourth-order valence-electron chi connectivity index (χ4n) is 4.87. The molecule has 1 saturated heterocycles. The first-order valence-corrected chi connectivity index (χ1v) is 13.3. The normalized spacial score (nSPS) is 18.6. The molecule has 0 atom stereocenters. The maximum Gasteiger partial charge on any atom is 0.131 e. The molecule has 3 aromatic rings. The highest BCUT2D eigenvalue weighted by Crippen LogP contribution is 2.38. The number of halogens is 1. The second kappa shape index (κ2) is 10.1. The maximum atomic E-state index is 11.2. The lowest BCUT2D eigenvalue weighted by molar-refractivity contribution is -0.0254. The Morgan fingerprint density at radius 2 is 1.91 bits per heavy atom. The number of rotatable bonds is 5. The van der Waals surface area contributed by atoms with Gasteiger partial charge in [-0.25, -0.2) is 0 Å². The number of nitrogens with zero attached hydrogens (tertiary/aromatic N) is 2. The van der Waals surface area contributed by atoms with Crippen LogP contribution in [-0.2, 0) is 12.2 Å². The summed E-state index contributed by atoms with van der Waals surface area (Å²) in [7, 11) is 0. The molecular formula is C28H29ClN2O2S. The Labute approximate surface area is 210 Å². The number of thioether (sulfide) groups is 1. The van der Waals surface area contributed by atoms with Crippen molar-refractivity contribution in [1.82, 2.24) is 9.88 Å². The number of likely N-dealkylation sites (tertiary alicyclic amines) is 1. The predicted octanol–water partition coefficient (Wildman–Crippen LogP) is 6.15. The molecule has 0 spiro atoms. The van der Waals surface area contributed by atoms with E-state index < -0.39 is 5.60 Å². The molecule has 5 rings (SSSR count). The summed E-state index contributed by atoms with van der Waals surface area (Å²) in [4.78, 5) is 8.25. The number of benzene rings is 2. The van der Waals surface area contributed by atoms with E-state index >= 15 is 0 Å². The molecule has 6 heteroatoms. The molecule has 0 aliphatic carbocycles. The number of hydrogen-bond acceptors (Lipinski definition) is 5. The van der Waals surface area contributed by atoms with E-state index in [0.29, 0.717) is 11.6 Å². The molecule has 1 fully saturated rings. The largest absolute Gasteiger partial charge is 0.487 e. The monoisotopic (exact) mass is 492 g/mol. The first-order chi connectivity index (χ1) is 16.6. The Bertz CT molecular complexity index is 1190. The van der Waals surface area contributed by atoms with Gasteiger partial charge in [-0.15, -0.1) is 11.8 Å². The third kappa shape index (κ3) is 4.89. The van der Waals surface area contributed by atoms with Crippen LogP contribution >= 0.6 is 23.4 Å². The topological polar surface area (TPSA) is 45.6 Å². The third-order valence-electron chi connectivity index (χ3n) is 6.88. The van der Waals surface area contributed by atoms with Gasteiger partial charge in [-0.3, -0.25) is 4.98 Å². The van der Waals surface area contributed by atoms with Crippen LogP contribution in [0.5, 0.6) is 5.75 Å². The summed E-state index contributed by atoms with van der Waals surface area (Å²) in [6.07, 6.45) is 8.64. The molecule has 2 aliphatic rings. The summed E-state index contributed by atoms with van der Waals surface area (Å²) in [5, 5.41) is 11.9. The van der Waals surface area contributed by atoms with E-state index in [1.54, 1.807) is 11.8 Å². The van der Waals surface area contributed by atoms with Crippen LogP contribution < -0.4 is 4.74 Å². The molecule has 3 heterocycles.